The summed E-state index contributed by atoms with van der Waals surface area (Å²) >= 11 is 9.61. The Balaban J connectivity index is 1.98. The molecular formula is C19H19BrClNO4. The fourth-order valence-electron chi connectivity index (χ4n) is 2.28. The van der Waals surface area contributed by atoms with Crippen LogP contribution in [0, 0.1) is 13.8 Å². The number of carbonyl (C=O) groups is 2. The number of carbonyl (C=O) groups excluding carboxylic acids is 2. The van der Waals surface area contributed by atoms with Gasteiger partial charge in [-0.05, 0) is 62.2 Å². The van der Waals surface area contributed by atoms with Crippen LogP contribution < -0.4 is 10.1 Å². The van der Waals surface area contributed by atoms with Gasteiger partial charge in [0.2, 0.25) is 0 Å². The van der Waals surface area contributed by atoms with E-state index in [0.29, 0.717) is 17.0 Å². The normalized spacial score (nSPS) is 10.3. The summed E-state index contributed by atoms with van der Waals surface area (Å²) in [6.07, 6.45) is 0. The van der Waals surface area contributed by atoms with E-state index in [2.05, 4.69) is 21.2 Å². The van der Waals surface area contributed by atoms with Gasteiger partial charge in [-0.1, -0.05) is 27.5 Å². The SMILES string of the molecule is CCOC(=O)c1ccc(NC(=O)COc2cc(C)c(Br)c(C)c2)c(Cl)c1. The second kappa shape index (κ2) is 9.05. The van der Waals surface area contributed by atoms with Crippen molar-refractivity contribution in [1.82, 2.24) is 0 Å². The molecule has 2 aromatic rings. The molecular weight excluding hydrogens is 422 g/mol. The van der Waals surface area contributed by atoms with Crippen LogP contribution in [-0.2, 0) is 9.53 Å². The summed E-state index contributed by atoms with van der Waals surface area (Å²) < 4.78 is 11.5. The quantitative estimate of drug-likeness (QED) is 0.648. The van der Waals surface area contributed by atoms with Gasteiger partial charge in [-0.15, -0.1) is 0 Å². The summed E-state index contributed by atoms with van der Waals surface area (Å²) in [6, 6.07) is 8.26. The lowest BCUT2D eigenvalue weighted by atomic mass is 10.1. The van der Waals surface area contributed by atoms with Crippen LogP contribution in [0.3, 0.4) is 0 Å². The monoisotopic (exact) mass is 439 g/mol. The van der Waals surface area contributed by atoms with E-state index in [4.69, 9.17) is 21.1 Å². The smallest absolute Gasteiger partial charge is 0.338 e. The molecule has 0 aromatic heterocycles. The van der Waals surface area contributed by atoms with E-state index >= 15 is 0 Å². The number of anilines is 1. The highest BCUT2D eigenvalue weighted by Gasteiger charge is 2.12. The van der Waals surface area contributed by atoms with Crippen molar-refractivity contribution in [2.24, 2.45) is 0 Å². The van der Waals surface area contributed by atoms with Crippen molar-refractivity contribution >= 4 is 45.1 Å². The Morgan fingerprint density at radius 1 is 1.15 bits per heavy atom. The summed E-state index contributed by atoms with van der Waals surface area (Å²) in [7, 11) is 0. The lowest BCUT2D eigenvalue weighted by molar-refractivity contribution is -0.118. The molecule has 0 heterocycles. The number of halogens is 2. The van der Waals surface area contributed by atoms with Crippen LogP contribution in [0.5, 0.6) is 5.75 Å². The maximum Gasteiger partial charge on any atom is 0.338 e. The highest BCUT2D eigenvalue weighted by molar-refractivity contribution is 9.10. The second-order valence-electron chi connectivity index (χ2n) is 5.62. The number of esters is 1. The fraction of sp³-hybridized carbons (Fsp3) is 0.263. The summed E-state index contributed by atoms with van der Waals surface area (Å²) in [5.74, 6) is -0.201. The van der Waals surface area contributed by atoms with Crippen molar-refractivity contribution in [2.75, 3.05) is 18.5 Å². The Morgan fingerprint density at radius 2 is 1.81 bits per heavy atom. The standard InChI is InChI=1S/C19H19BrClNO4/c1-4-25-19(24)13-5-6-16(15(21)9-13)22-17(23)10-26-14-7-11(2)18(20)12(3)8-14/h5-9H,4,10H2,1-3H3,(H,22,23). The van der Waals surface area contributed by atoms with Crippen LogP contribution >= 0.6 is 27.5 Å². The molecule has 0 aliphatic heterocycles. The zero-order chi connectivity index (χ0) is 19.3. The molecule has 5 nitrogen and oxygen atoms in total. The number of ether oxygens (including phenoxy) is 2. The number of aryl methyl sites for hydroxylation is 2. The maximum absolute atomic E-state index is 12.1. The topological polar surface area (TPSA) is 64.6 Å². The van der Waals surface area contributed by atoms with E-state index in [9.17, 15) is 9.59 Å². The summed E-state index contributed by atoms with van der Waals surface area (Å²) in [5, 5.41) is 2.91. The van der Waals surface area contributed by atoms with E-state index in [1.807, 2.05) is 26.0 Å². The number of benzene rings is 2. The van der Waals surface area contributed by atoms with Gasteiger partial charge >= 0.3 is 5.97 Å². The third-order valence-electron chi connectivity index (χ3n) is 3.53. The van der Waals surface area contributed by atoms with Gasteiger partial charge in [0.05, 0.1) is 22.9 Å². The Bertz CT molecular complexity index is 815. The Labute approximate surface area is 165 Å². The maximum atomic E-state index is 12.1. The third-order valence-corrected chi connectivity index (χ3v) is 5.10. The van der Waals surface area contributed by atoms with Crippen molar-refractivity contribution in [2.45, 2.75) is 20.8 Å². The predicted octanol–water partition coefficient (Wildman–Crippen LogP) is 4.91. The first kappa shape index (κ1) is 20.3. The van der Waals surface area contributed by atoms with Gasteiger partial charge in [-0.3, -0.25) is 4.79 Å². The summed E-state index contributed by atoms with van der Waals surface area (Å²) in [4.78, 5) is 23.8. The first-order valence-corrected chi connectivity index (χ1v) is 9.15. The molecule has 0 unspecified atom stereocenters. The fourth-order valence-corrected chi connectivity index (χ4v) is 2.74. The average molecular weight is 441 g/mol. The van der Waals surface area contributed by atoms with Crippen molar-refractivity contribution in [1.29, 1.82) is 0 Å². The average Bonchev–Trinajstić information content (AvgIpc) is 2.59. The van der Waals surface area contributed by atoms with Gasteiger partial charge in [0.15, 0.2) is 6.61 Å². The number of rotatable bonds is 6. The van der Waals surface area contributed by atoms with Crippen LogP contribution in [0.1, 0.15) is 28.4 Å². The molecule has 0 saturated carbocycles. The first-order valence-electron chi connectivity index (χ1n) is 7.98. The van der Waals surface area contributed by atoms with Gasteiger partial charge in [0.25, 0.3) is 5.91 Å². The summed E-state index contributed by atoms with van der Waals surface area (Å²) in [6.45, 7) is 5.75. The van der Waals surface area contributed by atoms with E-state index in [-0.39, 0.29) is 24.1 Å². The molecule has 0 fully saturated rings. The van der Waals surface area contributed by atoms with Crippen molar-refractivity contribution in [3.8, 4) is 5.75 Å². The third kappa shape index (κ3) is 5.22. The molecule has 0 radical (unpaired) electrons. The molecule has 0 aliphatic rings. The number of amides is 1. The second-order valence-corrected chi connectivity index (χ2v) is 6.82. The molecule has 0 atom stereocenters. The van der Waals surface area contributed by atoms with Crippen molar-refractivity contribution in [3.63, 3.8) is 0 Å². The van der Waals surface area contributed by atoms with Crippen LogP contribution in [0.2, 0.25) is 5.02 Å². The molecule has 0 saturated heterocycles. The number of hydrogen-bond donors (Lipinski definition) is 1. The minimum atomic E-state index is -0.461. The van der Waals surface area contributed by atoms with Crippen molar-refractivity contribution in [3.05, 3.63) is 56.5 Å². The largest absolute Gasteiger partial charge is 0.484 e. The van der Waals surface area contributed by atoms with Gasteiger partial charge < -0.3 is 14.8 Å². The van der Waals surface area contributed by atoms with Crippen LogP contribution in [0.4, 0.5) is 5.69 Å². The molecule has 0 bridgehead atoms. The Kier molecular flexibility index (Phi) is 7.06. The molecule has 1 amide bonds. The number of hydrogen-bond acceptors (Lipinski definition) is 4. The van der Waals surface area contributed by atoms with E-state index < -0.39 is 5.97 Å². The van der Waals surface area contributed by atoms with Crippen molar-refractivity contribution < 1.29 is 19.1 Å². The lowest BCUT2D eigenvalue weighted by Crippen LogP contribution is -2.20. The van der Waals surface area contributed by atoms with Gasteiger partial charge in [0, 0.05) is 4.47 Å². The molecule has 7 heteroatoms. The molecule has 0 aliphatic carbocycles. The lowest BCUT2D eigenvalue weighted by Gasteiger charge is -2.11. The predicted molar refractivity (Wildman–Crippen MR) is 105 cm³/mol. The van der Waals surface area contributed by atoms with Gasteiger partial charge in [-0.25, -0.2) is 4.79 Å². The van der Waals surface area contributed by atoms with E-state index in [1.54, 1.807) is 19.1 Å². The zero-order valence-electron chi connectivity index (χ0n) is 14.7. The highest BCUT2D eigenvalue weighted by Crippen LogP contribution is 2.27. The van der Waals surface area contributed by atoms with E-state index in [1.165, 1.54) is 6.07 Å². The van der Waals surface area contributed by atoms with E-state index in [0.717, 1.165) is 15.6 Å². The Hall–Kier alpha value is -2.05. The van der Waals surface area contributed by atoms with Gasteiger partial charge in [-0.2, -0.15) is 0 Å². The van der Waals surface area contributed by atoms with Crippen LogP contribution in [0.15, 0.2) is 34.8 Å². The molecule has 138 valence electrons. The van der Waals surface area contributed by atoms with Crippen LogP contribution in [-0.4, -0.2) is 25.1 Å². The Morgan fingerprint density at radius 3 is 2.38 bits per heavy atom. The molecule has 0 spiro atoms. The summed E-state index contributed by atoms with van der Waals surface area (Å²) in [5.41, 5.74) is 2.78. The zero-order valence-corrected chi connectivity index (χ0v) is 17.0. The molecule has 2 aromatic carbocycles. The number of nitrogens with one attached hydrogen (secondary N) is 1. The first-order chi connectivity index (χ1) is 12.3. The minimum Gasteiger partial charge on any atom is -0.484 e. The molecule has 1 N–H and O–H groups in total. The minimum absolute atomic E-state index is 0.156. The molecule has 2 rings (SSSR count). The molecule has 26 heavy (non-hydrogen) atoms. The van der Waals surface area contributed by atoms with Gasteiger partial charge in [0.1, 0.15) is 5.75 Å². The van der Waals surface area contributed by atoms with Crippen LogP contribution in [0.25, 0.3) is 0 Å². The highest BCUT2D eigenvalue weighted by atomic mass is 79.9.